The molecule has 3 heteroatoms. The maximum atomic E-state index is 12.2. The van der Waals surface area contributed by atoms with Gasteiger partial charge in [0.2, 0.25) is 0 Å². The molecule has 1 unspecified atom stereocenters. The first kappa shape index (κ1) is 19.5. The minimum Gasteiger partial charge on any atom is -0.461 e. The van der Waals surface area contributed by atoms with Crippen LogP contribution in [0.15, 0.2) is 53.5 Å². The molecule has 0 heterocycles. The molecule has 2 nitrogen and oxygen atoms in total. The molecular formula is C22H25BrO2. The summed E-state index contributed by atoms with van der Waals surface area (Å²) in [7, 11) is 0. The van der Waals surface area contributed by atoms with E-state index in [2.05, 4.69) is 61.0 Å². The van der Waals surface area contributed by atoms with Gasteiger partial charge in [-0.2, -0.15) is 0 Å². The SMILES string of the molecule is CC(C)Cc1ccc(C(C)COC(=O)c2ccc(/C=C/Br)cc2)cc1. The lowest BCUT2D eigenvalue weighted by molar-refractivity contribution is 0.0485. The molecule has 0 aliphatic carbocycles. The fourth-order valence-electron chi connectivity index (χ4n) is 2.64. The van der Waals surface area contributed by atoms with Crippen molar-refractivity contribution in [3.05, 3.63) is 75.8 Å². The highest BCUT2D eigenvalue weighted by Gasteiger charge is 2.11. The first-order valence-corrected chi connectivity index (χ1v) is 9.54. The van der Waals surface area contributed by atoms with Crippen molar-refractivity contribution in [3.63, 3.8) is 0 Å². The van der Waals surface area contributed by atoms with Gasteiger partial charge in [-0.1, -0.05) is 73.1 Å². The summed E-state index contributed by atoms with van der Waals surface area (Å²) >= 11 is 3.24. The Hall–Kier alpha value is -1.87. The van der Waals surface area contributed by atoms with Crippen LogP contribution < -0.4 is 0 Å². The van der Waals surface area contributed by atoms with Gasteiger partial charge in [0.1, 0.15) is 0 Å². The largest absolute Gasteiger partial charge is 0.461 e. The smallest absolute Gasteiger partial charge is 0.338 e. The molecule has 0 amide bonds. The van der Waals surface area contributed by atoms with Gasteiger partial charge in [0, 0.05) is 5.92 Å². The summed E-state index contributed by atoms with van der Waals surface area (Å²) in [5, 5.41) is 0. The van der Waals surface area contributed by atoms with Crippen molar-refractivity contribution >= 4 is 28.0 Å². The highest BCUT2D eigenvalue weighted by atomic mass is 79.9. The second-order valence-electron chi connectivity index (χ2n) is 6.75. The molecule has 1 atom stereocenters. The molecule has 0 spiro atoms. The van der Waals surface area contributed by atoms with E-state index >= 15 is 0 Å². The zero-order valence-electron chi connectivity index (χ0n) is 15.0. The highest BCUT2D eigenvalue weighted by Crippen LogP contribution is 2.18. The minimum atomic E-state index is -0.280. The Balaban J connectivity index is 1.90. The number of ether oxygens (including phenoxy) is 1. The molecule has 0 aromatic heterocycles. The van der Waals surface area contributed by atoms with E-state index in [4.69, 9.17) is 4.74 Å². The molecule has 0 N–H and O–H groups in total. The Kier molecular flexibility index (Phi) is 7.45. The first-order valence-electron chi connectivity index (χ1n) is 8.62. The Labute approximate surface area is 159 Å². The monoisotopic (exact) mass is 400 g/mol. The van der Waals surface area contributed by atoms with E-state index in [1.54, 1.807) is 17.1 Å². The van der Waals surface area contributed by atoms with Crippen LogP contribution in [0.1, 0.15) is 53.7 Å². The zero-order valence-corrected chi connectivity index (χ0v) is 16.6. The van der Waals surface area contributed by atoms with Crippen molar-refractivity contribution in [2.24, 2.45) is 5.92 Å². The van der Waals surface area contributed by atoms with Gasteiger partial charge in [0.15, 0.2) is 0 Å². The number of esters is 1. The Bertz CT molecular complexity index is 700. The van der Waals surface area contributed by atoms with Crippen LogP contribution >= 0.6 is 15.9 Å². The number of benzene rings is 2. The van der Waals surface area contributed by atoms with Gasteiger partial charge in [0.25, 0.3) is 0 Å². The Morgan fingerprint density at radius 3 is 2.24 bits per heavy atom. The van der Waals surface area contributed by atoms with Crippen LogP contribution in [-0.4, -0.2) is 12.6 Å². The zero-order chi connectivity index (χ0) is 18.2. The highest BCUT2D eigenvalue weighted by molar-refractivity contribution is 9.11. The summed E-state index contributed by atoms with van der Waals surface area (Å²) in [4.78, 5) is 14.0. The second-order valence-corrected chi connectivity index (χ2v) is 7.28. The molecule has 0 fully saturated rings. The van der Waals surface area contributed by atoms with Crippen molar-refractivity contribution in [1.82, 2.24) is 0 Å². The van der Waals surface area contributed by atoms with Crippen molar-refractivity contribution in [3.8, 4) is 0 Å². The third-order valence-corrected chi connectivity index (χ3v) is 4.32. The van der Waals surface area contributed by atoms with E-state index in [-0.39, 0.29) is 11.9 Å². The van der Waals surface area contributed by atoms with Gasteiger partial charge in [-0.3, -0.25) is 0 Å². The van der Waals surface area contributed by atoms with Crippen LogP contribution in [0.5, 0.6) is 0 Å². The van der Waals surface area contributed by atoms with E-state index in [0.29, 0.717) is 18.1 Å². The molecule has 2 rings (SSSR count). The lowest BCUT2D eigenvalue weighted by atomic mass is 9.97. The number of carbonyl (C=O) groups is 1. The van der Waals surface area contributed by atoms with Crippen LogP contribution in [-0.2, 0) is 11.2 Å². The molecular weight excluding hydrogens is 376 g/mol. The lowest BCUT2D eigenvalue weighted by Gasteiger charge is -2.14. The van der Waals surface area contributed by atoms with Crippen LogP contribution in [0.25, 0.3) is 6.08 Å². The van der Waals surface area contributed by atoms with Crippen molar-refractivity contribution < 1.29 is 9.53 Å². The number of hydrogen-bond donors (Lipinski definition) is 0. The minimum absolute atomic E-state index is 0.174. The van der Waals surface area contributed by atoms with Gasteiger partial charge in [0.05, 0.1) is 12.2 Å². The first-order chi connectivity index (χ1) is 12.0. The number of carbonyl (C=O) groups excluding carboxylic acids is 1. The molecule has 2 aromatic carbocycles. The van der Waals surface area contributed by atoms with Gasteiger partial charge in [-0.15, -0.1) is 0 Å². The molecule has 132 valence electrons. The Morgan fingerprint density at radius 2 is 1.68 bits per heavy atom. The van der Waals surface area contributed by atoms with Crippen molar-refractivity contribution in [2.75, 3.05) is 6.61 Å². The summed E-state index contributed by atoms with van der Waals surface area (Å²) in [5.41, 5.74) is 4.15. The maximum absolute atomic E-state index is 12.2. The van der Waals surface area contributed by atoms with Crippen LogP contribution in [0.4, 0.5) is 0 Å². The molecule has 0 saturated heterocycles. The molecule has 0 aliphatic heterocycles. The topological polar surface area (TPSA) is 26.3 Å². The molecule has 0 saturated carbocycles. The maximum Gasteiger partial charge on any atom is 0.338 e. The molecule has 2 aromatic rings. The fourth-order valence-corrected chi connectivity index (χ4v) is 2.94. The van der Waals surface area contributed by atoms with Gasteiger partial charge < -0.3 is 4.74 Å². The van der Waals surface area contributed by atoms with Crippen molar-refractivity contribution in [1.29, 1.82) is 0 Å². The standard InChI is InChI=1S/C22H25BrO2/c1-16(2)14-19-6-8-20(9-7-19)17(3)15-25-22(24)21-10-4-18(5-11-21)12-13-23/h4-13,16-17H,14-15H2,1-3H3/b13-12+. The fraction of sp³-hybridized carbons (Fsp3) is 0.318. The van der Waals surface area contributed by atoms with Crippen LogP contribution in [0.3, 0.4) is 0 Å². The summed E-state index contributed by atoms with van der Waals surface area (Å²) in [6.07, 6.45) is 3.00. The van der Waals surface area contributed by atoms with E-state index in [1.807, 2.05) is 18.2 Å². The van der Waals surface area contributed by atoms with E-state index in [1.165, 1.54) is 11.1 Å². The molecule has 0 aliphatic rings. The quantitative estimate of drug-likeness (QED) is 0.516. The van der Waals surface area contributed by atoms with Gasteiger partial charge in [-0.25, -0.2) is 4.79 Å². The van der Waals surface area contributed by atoms with Crippen LogP contribution in [0, 0.1) is 5.92 Å². The van der Waals surface area contributed by atoms with Gasteiger partial charge in [-0.05, 0) is 52.2 Å². The summed E-state index contributed by atoms with van der Waals surface area (Å²) in [6.45, 7) is 6.90. The summed E-state index contributed by atoms with van der Waals surface area (Å²) in [6, 6.07) is 16.0. The molecule has 25 heavy (non-hydrogen) atoms. The van der Waals surface area contributed by atoms with E-state index in [9.17, 15) is 4.79 Å². The number of rotatable bonds is 7. The summed E-state index contributed by atoms with van der Waals surface area (Å²) < 4.78 is 5.47. The van der Waals surface area contributed by atoms with E-state index in [0.717, 1.165) is 12.0 Å². The second kappa shape index (κ2) is 9.57. The number of halogens is 1. The molecule has 0 radical (unpaired) electrons. The van der Waals surface area contributed by atoms with Crippen molar-refractivity contribution in [2.45, 2.75) is 33.1 Å². The molecule has 0 bridgehead atoms. The lowest BCUT2D eigenvalue weighted by Crippen LogP contribution is -2.11. The Morgan fingerprint density at radius 1 is 1.04 bits per heavy atom. The van der Waals surface area contributed by atoms with Crippen LogP contribution in [0.2, 0.25) is 0 Å². The number of hydrogen-bond acceptors (Lipinski definition) is 2. The summed E-state index contributed by atoms with van der Waals surface area (Å²) in [5.74, 6) is 0.547. The average molecular weight is 401 g/mol. The third kappa shape index (κ3) is 6.17. The predicted molar refractivity (Wildman–Crippen MR) is 108 cm³/mol. The third-order valence-electron chi connectivity index (χ3n) is 4.06. The normalized spacial score (nSPS) is 12.5. The van der Waals surface area contributed by atoms with Gasteiger partial charge >= 0.3 is 5.97 Å². The average Bonchev–Trinajstić information content (AvgIpc) is 2.60. The van der Waals surface area contributed by atoms with E-state index < -0.39 is 0 Å². The predicted octanol–water partition coefficient (Wildman–Crippen LogP) is 6.21.